The fraction of sp³-hybridized carbons (Fsp3) is 0. The highest BCUT2D eigenvalue weighted by molar-refractivity contribution is 7.85. The maximum absolute atomic E-state index is 15.0. The molecule has 35 heavy (non-hydrogen) atoms. The van der Waals surface area contributed by atoms with Crippen molar-refractivity contribution in [3.05, 3.63) is 144 Å². The summed E-state index contributed by atoms with van der Waals surface area (Å²) in [6.07, 6.45) is 0. The van der Waals surface area contributed by atoms with Gasteiger partial charge in [0.25, 0.3) is 5.56 Å². The topological polar surface area (TPSA) is 39.1 Å². The van der Waals surface area contributed by atoms with Crippen LogP contribution in [0.5, 0.6) is 0 Å². The lowest BCUT2D eigenvalue weighted by atomic mass is 10.1. The Morgan fingerprint density at radius 1 is 0.486 bits per heavy atom. The highest BCUT2D eigenvalue weighted by Crippen LogP contribution is 2.43. The van der Waals surface area contributed by atoms with Crippen molar-refractivity contribution in [3.8, 4) is 5.69 Å². The van der Waals surface area contributed by atoms with Crippen molar-refractivity contribution < 1.29 is 4.57 Å². The van der Waals surface area contributed by atoms with E-state index in [1.807, 2.05) is 133 Å². The second kappa shape index (κ2) is 8.54. The molecule has 0 radical (unpaired) electrons. The van der Waals surface area contributed by atoms with E-state index >= 15 is 0 Å². The Hall–Kier alpha value is -4.20. The number of pyridine rings is 1. The lowest BCUT2D eigenvalue weighted by Crippen LogP contribution is -2.25. The SMILES string of the molecule is O=c1c2ccccc2c2cc(P(=O)(c3ccccc3)c3ccccc3)ccc2n1-c1ccccc1. The smallest absolute Gasteiger partial charge is 0.263 e. The summed E-state index contributed by atoms with van der Waals surface area (Å²) in [6.45, 7) is 0. The number of nitrogens with zero attached hydrogens (tertiary/aromatic N) is 1. The predicted octanol–water partition coefficient (Wildman–Crippen LogP) is 5.78. The second-order valence-electron chi connectivity index (χ2n) is 8.50. The van der Waals surface area contributed by atoms with Gasteiger partial charge in [-0.15, -0.1) is 0 Å². The van der Waals surface area contributed by atoms with Crippen LogP contribution in [0.4, 0.5) is 0 Å². The minimum absolute atomic E-state index is 0.0682. The molecule has 0 aliphatic carbocycles. The van der Waals surface area contributed by atoms with E-state index < -0.39 is 7.14 Å². The zero-order valence-electron chi connectivity index (χ0n) is 18.9. The van der Waals surface area contributed by atoms with Crippen molar-refractivity contribution in [3.63, 3.8) is 0 Å². The lowest BCUT2D eigenvalue weighted by molar-refractivity contribution is 0.592. The van der Waals surface area contributed by atoms with Gasteiger partial charge >= 0.3 is 0 Å². The third-order valence-corrected chi connectivity index (χ3v) is 9.55. The molecule has 1 aromatic heterocycles. The van der Waals surface area contributed by atoms with Crippen molar-refractivity contribution >= 4 is 44.7 Å². The Kier molecular flexibility index (Phi) is 5.21. The van der Waals surface area contributed by atoms with Crippen LogP contribution in [0.25, 0.3) is 27.4 Å². The minimum Gasteiger partial charge on any atom is -0.309 e. The van der Waals surface area contributed by atoms with Gasteiger partial charge in [-0.2, -0.15) is 0 Å². The molecule has 0 saturated heterocycles. The number of aromatic nitrogens is 1. The van der Waals surface area contributed by atoms with Crippen LogP contribution in [-0.2, 0) is 4.57 Å². The van der Waals surface area contributed by atoms with E-state index in [-0.39, 0.29) is 5.56 Å². The Balaban J connectivity index is 1.73. The molecule has 0 unspecified atom stereocenters. The van der Waals surface area contributed by atoms with Crippen LogP contribution >= 0.6 is 7.14 Å². The summed E-state index contributed by atoms with van der Waals surface area (Å²) in [4.78, 5) is 13.6. The molecule has 0 atom stereocenters. The maximum Gasteiger partial charge on any atom is 0.263 e. The van der Waals surface area contributed by atoms with E-state index in [2.05, 4.69) is 0 Å². The van der Waals surface area contributed by atoms with Crippen LogP contribution in [0.2, 0.25) is 0 Å². The summed E-state index contributed by atoms with van der Waals surface area (Å²) < 4.78 is 16.7. The van der Waals surface area contributed by atoms with Gasteiger partial charge in [-0.25, -0.2) is 0 Å². The van der Waals surface area contributed by atoms with Crippen molar-refractivity contribution in [1.29, 1.82) is 0 Å². The summed E-state index contributed by atoms with van der Waals surface area (Å²) in [5.74, 6) is 0. The summed E-state index contributed by atoms with van der Waals surface area (Å²) >= 11 is 0. The van der Waals surface area contributed by atoms with Gasteiger partial charge in [-0.05, 0) is 41.8 Å². The monoisotopic (exact) mass is 471 g/mol. The number of para-hydroxylation sites is 1. The van der Waals surface area contributed by atoms with Crippen molar-refractivity contribution in [2.75, 3.05) is 0 Å². The van der Waals surface area contributed by atoms with Crippen molar-refractivity contribution in [2.45, 2.75) is 0 Å². The van der Waals surface area contributed by atoms with Gasteiger partial charge in [0, 0.05) is 32.4 Å². The van der Waals surface area contributed by atoms with Crippen LogP contribution in [0, 0.1) is 0 Å². The third-order valence-electron chi connectivity index (χ3n) is 6.49. The van der Waals surface area contributed by atoms with Gasteiger partial charge in [0.15, 0.2) is 7.14 Å². The molecule has 0 bridgehead atoms. The number of benzene rings is 5. The van der Waals surface area contributed by atoms with Crippen LogP contribution < -0.4 is 21.5 Å². The number of rotatable bonds is 4. The van der Waals surface area contributed by atoms with Gasteiger partial charge in [0.05, 0.1) is 5.52 Å². The molecule has 0 aliphatic heterocycles. The third kappa shape index (κ3) is 3.44. The quantitative estimate of drug-likeness (QED) is 0.241. The molecular weight excluding hydrogens is 449 g/mol. The number of hydrogen-bond acceptors (Lipinski definition) is 2. The van der Waals surface area contributed by atoms with Gasteiger partial charge < -0.3 is 4.57 Å². The van der Waals surface area contributed by atoms with Gasteiger partial charge in [0.1, 0.15) is 0 Å². The maximum atomic E-state index is 15.0. The van der Waals surface area contributed by atoms with Crippen LogP contribution in [0.3, 0.4) is 0 Å². The molecule has 0 amide bonds. The normalized spacial score (nSPS) is 11.7. The van der Waals surface area contributed by atoms with Crippen LogP contribution in [0.15, 0.2) is 138 Å². The van der Waals surface area contributed by atoms with E-state index in [1.54, 1.807) is 4.57 Å². The second-order valence-corrected chi connectivity index (χ2v) is 11.3. The molecule has 0 N–H and O–H groups in total. The molecule has 168 valence electrons. The Morgan fingerprint density at radius 2 is 1.00 bits per heavy atom. The first-order chi connectivity index (χ1) is 17.2. The Bertz CT molecular complexity index is 1730. The van der Waals surface area contributed by atoms with E-state index in [0.717, 1.165) is 37.9 Å². The van der Waals surface area contributed by atoms with Gasteiger partial charge in [-0.3, -0.25) is 9.36 Å². The van der Waals surface area contributed by atoms with E-state index in [0.29, 0.717) is 5.39 Å². The zero-order valence-corrected chi connectivity index (χ0v) is 19.8. The molecule has 0 fully saturated rings. The fourth-order valence-electron chi connectivity index (χ4n) is 4.82. The molecule has 6 rings (SSSR count). The van der Waals surface area contributed by atoms with Gasteiger partial charge in [0.2, 0.25) is 0 Å². The van der Waals surface area contributed by atoms with E-state index in [9.17, 15) is 9.36 Å². The fourth-order valence-corrected chi connectivity index (χ4v) is 7.50. The first kappa shape index (κ1) is 21.3. The molecule has 3 nitrogen and oxygen atoms in total. The summed E-state index contributed by atoms with van der Waals surface area (Å²) in [7, 11) is -3.15. The molecular formula is C31H22NO2P. The molecule has 0 saturated carbocycles. The first-order valence-corrected chi connectivity index (χ1v) is 13.2. The standard InChI is InChI=1S/C31H22NO2P/c33-31-28-19-11-10-18-27(28)29-22-26(20-21-30(29)32(31)23-12-4-1-5-13-23)35(34,24-14-6-2-7-15-24)25-16-8-3-9-17-25/h1-22H. The first-order valence-electron chi connectivity index (χ1n) is 11.5. The average Bonchev–Trinajstić information content (AvgIpc) is 2.94. The summed E-state index contributed by atoms with van der Waals surface area (Å²) in [6, 6.07) is 42.5. The molecule has 5 aromatic carbocycles. The highest BCUT2D eigenvalue weighted by atomic mass is 31.2. The van der Waals surface area contributed by atoms with Gasteiger partial charge in [-0.1, -0.05) is 97.1 Å². The molecule has 0 spiro atoms. The lowest BCUT2D eigenvalue weighted by Gasteiger charge is -2.21. The molecule has 1 heterocycles. The average molecular weight is 471 g/mol. The minimum atomic E-state index is -3.15. The van der Waals surface area contributed by atoms with Crippen molar-refractivity contribution in [2.24, 2.45) is 0 Å². The number of hydrogen-bond donors (Lipinski definition) is 0. The molecule has 4 heteroatoms. The zero-order chi connectivity index (χ0) is 23.8. The molecule has 0 aliphatic rings. The van der Waals surface area contributed by atoms with Crippen LogP contribution in [0.1, 0.15) is 0 Å². The summed E-state index contributed by atoms with van der Waals surface area (Å²) in [5.41, 5.74) is 1.52. The molecule has 6 aromatic rings. The van der Waals surface area contributed by atoms with Crippen LogP contribution in [-0.4, -0.2) is 4.57 Å². The summed E-state index contributed by atoms with van der Waals surface area (Å²) in [5, 5.41) is 4.70. The van der Waals surface area contributed by atoms with E-state index in [1.165, 1.54) is 0 Å². The van der Waals surface area contributed by atoms with Crippen molar-refractivity contribution in [1.82, 2.24) is 4.57 Å². The Morgan fingerprint density at radius 3 is 1.60 bits per heavy atom. The number of fused-ring (bicyclic) bond motifs is 3. The largest absolute Gasteiger partial charge is 0.309 e. The predicted molar refractivity (Wildman–Crippen MR) is 146 cm³/mol. The van der Waals surface area contributed by atoms with E-state index in [4.69, 9.17) is 0 Å². The highest BCUT2D eigenvalue weighted by Gasteiger charge is 2.30. The Labute approximate surface area is 203 Å².